The summed E-state index contributed by atoms with van der Waals surface area (Å²) in [6.45, 7) is 0.437. The van der Waals surface area contributed by atoms with Crippen molar-refractivity contribution < 1.29 is 9.47 Å². The van der Waals surface area contributed by atoms with Crippen LogP contribution < -0.4 is 9.47 Å². The van der Waals surface area contributed by atoms with E-state index in [9.17, 15) is 5.26 Å². The Bertz CT molecular complexity index is 974. The normalized spacial score (nSPS) is 10.9. The summed E-state index contributed by atoms with van der Waals surface area (Å²) in [5, 5.41) is 10.2. The van der Waals surface area contributed by atoms with Gasteiger partial charge in [0.1, 0.15) is 6.61 Å². The molecule has 3 rings (SSSR count). The Kier molecular flexibility index (Phi) is 6.14. The first kappa shape index (κ1) is 18.6. The van der Waals surface area contributed by atoms with Crippen molar-refractivity contribution in [3.8, 4) is 17.6 Å². The largest absolute Gasteiger partial charge is 0.493 e. The standard InChI is InChI=1S/C23H18ClNO2/c1-26-22-12-7-18(13-20(15-25)19-8-10-21(24)11-9-19)14-23(22)27-16-17-5-3-2-4-6-17/h2-14H,16H2,1H3. The molecule has 134 valence electrons. The third kappa shape index (κ3) is 4.91. The van der Waals surface area contributed by atoms with Crippen molar-refractivity contribution in [2.75, 3.05) is 7.11 Å². The van der Waals surface area contributed by atoms with Crippen molar-refractivity contribution in [1.82, 2.24) is 0 Å². The highest BCUT2D eigenvalue weighted by Crippen LogP contribution is 2.30. The molecule has 0 amide bonds. The molecule has 0 heterocycles. The van der Waals surface area contributed by atoms with E-state index >= 15 is 0 Å². The highest BCUT2D eigenvalue weighted by atomic mass is 35.5. The summed E-state index contributed by atoms with van der Waals surface area (Å²) in [4.78, 5) is 0. The molecule has 0 aromatic heterocycles. The molecule has 0 bridgehead atoms. The zero-order chi connectivity index (χ0) is 19.1. The molecular weight excluding hydrogens is 358 g/mol. The quantitative estimate of drug-likeness (QED) is 0.392. The van der Waals surface area contributed by atoms with Crippen molar-refractivity contribution in [1.29, 1.82) is 5.26 Å². The lowest BCUT2D eigenvalue weighted by Gasteiger charge is -2.12. The van der Waals surface area contributed by atoms with Crippen LogP contribution in [-0.4, -0.2) is 7.11 Å². The topological polar surface area (TPSA) is 42.2 Å². The summed E-state index contributed by atoms with van der Waals surface area (Å²) >= 11 is 5.93. The fourth-order valence-corrected chi connectivity index (χ4v) is 2.73. The molecule has 0 aliphatic carbocycles. The van der Waals surface area contributed by atoms with Crippen molar-refractivity contribution in [2.45, 2.75) is 6.61 Å². The van der Waals surface area contributed by atoms with Gasteiger partial charge in [-0.25, -0.2) is 0 Å². The number of methoxy groups -OCH3 is 1. The van der Waals surface area contributed by atoms with E-state index in [-0.39, 0.29) is 0 Å². The molecule has 0 spiro atoms. The van der Waals surface area contributed by atoms with Gasteiger partial charge in [0.15, 0.2) is 11.5 Å². The van der Waals surface area contributed by atoms with Gasteiger partial charge in [0.05, 0.1) is 18.8 Å². The van der Waals surface area contributed by atoms with Crippen LogP contribution in [0.5, 0.6) is 11.5 Å². The van der Waals surface area contributed by atoms with Crippen LogP contribution >= 0.6 is 11.6 Å². The summed E-state index contributed by atoms with van der Waals surface area (Å²) < 4.78 is 11.3. The van der Waals surface area contributed by atoms with Gasteiger partial charge in [0.2, 0.25) is 0 Å². The van der Waals surface area contributed by atoms with E-state index < -0.39 is 0 Å². The van der Waals surface area contributed by atoms with Crippen LogP contribution in [0.1, 0.15) is 16.7 Å². The van der Waals surface area contributed by atoms with Crippen LogP contribution in [-0.2, 0) is 6.61 Å². The lowest BCUT2D eigenvalue weighted by molar-refractivity contribution is 0.284. The number of halogens is 1. The molecule has 4 heteroatoms. The second kappa shape index (κ2) is 8.93. The number of hydrogen-bond acceptors (Lipinski definition) is 3. The third-order valence-corrected chi connectivity index (χ3v) is 4.26. The Hall–Kier alpha value is -3.22. The van der Waals surface area contributed by atoms with Crippen LogP contribution in [0.3, 0.4) is 0 Å². The summed E-state index contributed by atoms with van der Waals surface area (Å²) in [6, 6.07) is 24.9. The molecule has 0 radical (unpaired) electrons. The molecule has 0 atom stereocenters. The van der Waals surface area contributed by atoms with E-state index in [1.807, 2.05) is 66.7 Å². The number of allylic oxidation sites excluding steroid dienone is 1. The highest BCUT2D eigenvalue weighted by molar-refractivity contribution is 6.30. The minimum Gasteiger partial charge on any atom is -0.493 e. The van der Waals surface area contributed by atoms with E-state index in [4.69, 9.17) is 21.1 Å². The number of rotatable bonds is 6. The zero-order valence-corrected chi connectivity index (χ0v) is 15.6. The van der Waals surface area contributed by atoms with Gasteiger partial charge in [-0.1, -0.05) is 60.1 Å². The summed E-state index contributed by atoms with van der Waals surface area (Å²) in [5.74, 6) is 1.27. The van der Waals surface area contributed by atoms with Gasteiger partial charge in [0, 0.05) is 5.02 Å². The first-order valence-corrected chi connectivity index (χ1v) is 8.80. The SMILES string of the molecule is COc1ccc(C=C(C#N)c2ccc(Cl)cc2)cc1OCc1ccccc1. The molecule has 3 nitrogen and oxygen atoms in total. The molecule has 0 saturated carbocycles. The summed E-state index contributed by atoms with van der Waals surface area (Å²) in [5.41, 5.74) is 3.28. The Balaban J connectivity index is 1.87. The fraction of sp³-hybridized carbons (Fsp3) is 0.0870. The maximum atomic E-state index is 9.52. The van der Waals surface area contributed by atoms with Gasteiger partial charge in [-0.05, 0) is 47.0 Å². The smallest absolute Gasteiger partial charge is 0.162 e. The van der Waals surface area contributed by atoms with Crippen LogP contribution in [0, 0.1) is 11.3 Å². The molecular formula is C23H18ClNO2. The molecule has 3 aromatic rings. The molecule has 0 aliphatic heterocycles. The minimum absolute atomic E-state index is 0.437. The van der Waals surface area contributed by atoms with E-state index in [1.165, 1.54) is 0 Å². The first-order chi connectivity index (χ1) is 13.2. The van der Waals surface area contributed by atoms with Crippen molar-refractivity contribution in [3.63, 3.8) is 0 Å². The Labute approximate surface area is 164 Å². The second-order valence-electron chi connectivity index (χ2n) is 5.86. The van der Waals surface area contributed by atoms with Gasteiger partial charge < -0.3 is 9.47 Å². The molecule has 0 aliphatic rings. The van der Waals surface area contributed by atoms with Gasteiger partial charge in [-0.3, -0.25) is 0 Å². The van der Waals surface area contributed by atoms with E-state index in [2.05, 4.69) is 6.07 Å². The van der Waals surface area contributed by atoms with Crippen LogP contribution in [0.15, 0.2) is 72.8 Å². The average molecular weight is 376 g/mol. The van der Waals surface area contributed by atoms with Gasteiger partial charge in [-0.15, -0.1) is 0 Å². The fourth-order valence-electron chi connectivity index (χ4n) is 2.61. The minimum atomic E-state index is 0.437. The van der Waals surface area contributed by atoms with Crippen molar-refractivity contribution in [3.05, 3.63) is 94.5 Å². The first-order valence-electron chi connectivity index (χ1n) is 8.42. The maximum absolute atomic E-state index is 9.52. The van der Waals surface area contributed by atoms with E-state index in [1.54, 1.807) is 19.2 Å². The Morgan fingerprint density at radius 3 is 2.41 bits per heavy atom. The predicted molar refractivity (Wildman–Crippen MR) is 109 cm³/mol. The highest BCUT2D eigenvalue weighted by Gasteiger charge is 2.07. The molecule has 27 heavy (non-hydrogen) atoms. The third-order valence-electron chi connectivity index (χ3n) is 4.01. The number of ether oxygens (including phenoxy) is 2. The predicted octanol–water partition coefficient (Wildman–Crippen LogP) is 5.99. The Morgan fingerprint density at radius 1 is 1.00 bits per heavy atom. The molecule has 0 saturated heterocycles. The lowest BCUT2D eigenvalue weighted by atomic mass is 10.0. The van der Waals surface area contributed by atoms with Crippen LogP contribution in [0.4, 0.5) is 0 Å². The average Bonchev–Trinajstić information content (AvgIpc) is 2.72. The molecule has 0 N–H and O–H groups in total. The Morgan fingerprint density at radius 2 is 1.74 bits per heavy atom. The number of nitrogens with zero attached hydrogens (tertiary/aromatic N) is 1. The van der Waals surface area contributed by atoms with E-state index in [0.717, 1.165) is 16.7 Å². The van der Waals surface area contributed by atoms with Crippen LogP contribution in [0.2, 0.25) is 5.02 Å². The van der Waals surface area contributed by atoms with Crippen LogP contribution in [0.25, 0.3) is 11.6 Å². The van der Waals surface area contributed by atoms with Crippen molar-refractivity contribution >= 4 is 23.3 Å². The molecule has 0 unspecified atom stereocenters. The summed E-state index contributed by atoms with van der Waals surface area (Å²) in [7, 11) is 1.61. The number of hydrogen-bond donors (Lipinski definition) is 0. The number of nitriles is 1. The van der Waals surface area contributed by atoms with Crippen molar-refractivity contribution in [2.24, 2.45) is 0 Å². The summed E-state index contributed by atoms with van der Waals surface area (Å²) in [6.07, 6.45) is 1.82. The van der Waals surface area contributed by atoms with E-state index in [0.29, 0.717) is 28.7 Å². The maximum Gasteiger partial charge on any atom is 0.162 e. The second-order valence-corrected chi connectivity index (χ2v) is 6.30. The van der Waals surface area contributed by atoms with Gasteiger partial charge in [-0.2, -0.15) is 5.26 Å². The molecule has 3 aromatic carbocycles. The monoisotopic (exact) mass is 375 g/mol. The zero-order valence-electron chi connectivity index (χ0n) is 14.9. The van der Waals surface area contributed by atoms with Gasteiger partial charge >= 0.3 is 0 Å². The molecule has 0 fully saturated rings. The lowest BCUT2D eigenvalue weighted by Crippen LogP contribution is -1.98. The van der Waals surface area contributed by atoms with Gasteiger partial charge in [0.25, 0.3) is 0 Å². The number of benzene rings is 3.